The lowest BCUT2D eigenvalue weighted by molar-refractivity contribution is 0.0240. The van der Waals surface area contributed by atoms with Crippen LogP contribution in [0, 0.1) is 0 Å². The molecular formula is C13H16ClNO3. The Labute approximate surface area is 111 Å². The Kier molecular flexibility index (Phi) is 4.58. The number of rotatable bonds is 4. The van der Waals surface area contributed by atoms with Crippen LogP contribution in [0.25, 0.3) is 0 Å². The molecule has 0 aliphatic carbocycles. The quantitative estimate of drug-likeness (QED) is 0.849. The van der Waals surface area contributed by atoms with Crippen molar-refractivity contribution in [2.45, 2.75) is 12.5 Å². The monoisotopic (exact) mass is 269 g/mol. The fraction of sp³-hybridized carbons (Fsp3) is 0.462. The van der Waals surface area contributed by atoms with Gasteiger partial charge in [-0.05, 0) is 18.2 Å². The molecule has 1 aromatic carbocycles. The van der Waals surface area contributed by atoms with Gasteiger partial charge in [-0.25, -0.2) is 0 Å². The molecule has 1 aliphatic rings. The van der Waals surface area contributed by atoms with Crippen LogP contribution in [0.4, 0.5) is 0 Å². The summed E-state index contributed by atoms with van der Waals surface area (Å²) in [7, 11) is 1.53. The van der Waals surface area contributed by atoms with Crippen molar-refractivity contribution in [1.29, 1.82) is 0 Å². The summed E-state index contributed by atoms with van der Waals surface area (Å²) >= 11 is 5.92. The normalized spacial score (nSPS) is 19.6. The second-order valence-corrected chi connectivity index (χ2v) is 4.58. The summed E-state index contributed by atoms with van der Waals surface area (Å²) in [6.45, 7) is 2.22. The Morgan fingerprint density at radius 2 is 2.44 bits per heavy atom. The van der Waals surface area contributed by atoms with Gasteiger partial charge in [0.1, 0.15) is 5.75 Å². The van der Waals surface area contributed by atoms with Crippen LogP contribution >= 0.6 is 11.6 Å². The highest BCUT2D eigenvalue weighted by Gasteiger charge is 2.19. The van der Waals surface area contributed by atoms with Crippen LogP contribution in [0.1, 0.15) is 16.8 Å². The SMILES string of the molecule is COc1cc(C(=O)CC2CNCCO2)ccc1Cl. The standard InChI is InChI=1S/C13H16ClNO3/c1-17-13-6-9(2-3-11(13)14)12(16)7-10-8-15-4-5-18-10/h2-3,6,10,15H,4-5,7-8H2,1H3. The van der Waals surface area contributed by atoms with Gasteiger partial charge in [-0.2, -0.15) is 0 Å². The van der Waals surface area contributed by atoms with Crippen molar-refractivity contribution in [3.8, 4) is 5.75 Å². The zero-order valence-corrected chi connectivity index (χ0v) is 11.0. The second-order valence-electron chi connectivity index (χ2n) is 4.17. The van der Waals surface area contributed by atoms with E-state index in [4.69, 9.17) is 21.1 Å². The minimum Gasteiger partial charge on any atom is -0.495 e. The lowest BCUT2D eigenvalue weighted by Crippen LogP contribution is -2.39. The molecule has 5 heteroatoms. The molecule has 98 valence electrons. The van der Waals surface area contributed by atoms with Crippen LogP contribution in [0.3, 0.4) is 0 Å². The van der Waals surface area contributed by atoms with E-state index in [2.05, 4.69) is 5.32 Å². The van der Waals surface area contributed by atoms with E-state index in [-0.39, 0.29) is 11.9 Å². The minimum absolute atomic E-state index is 0.0404. The highest BCUT2D eigenvalue weighted by Crippen LogP contribution is 2.25. The topological polar surface area (TPSA) is 47.6 Å². The van der Waals surface area contributed by atoms with Crippen LogP contribution in [0.15, 0.2) is 18.2 Å². The Balaban J connectivity index is 2.03. The summed E-state index contributed by atoms with van der Waals surface area (Å²) < 4.78 is 10.6. The minimum atomic E-state index is -0.0482. The molecule has 0 radical (unpaired) electrons. The van der Waals surface area contributed by atoms with Crippen LogP contribution in [-0.2, 0) is 4.74 Å². The zero-order chi connectivity index (χ0) is 13.0. The number of hydrogen-bond acceptors (Lipinski definition) is 4. The first-order valence-corrected chi connectivity index (χ1v) is 6.27. The van der Waals surface area contributed by atoms with Gasteiger partial charge < -0.3 is 14.8 Å². The van der Waals surface area contributed by atoms with Crippen molar-refractivity contribution in [1.82, 2.24) is 5.32 Å². The summed E-state index contributed by atoms with van der Waals surface area (Å²) in [6, 6.07) is 5.05. The third-order valence-corrected chi connectivity index (χ3v) is 3.20. The number of carbonyl (C=O) groups excluding carboxylic acids is 1. The molecule has 18 heavy (non-hydrogen) atoms. The van der Waals surface area contributed by atoms with E-state index in [0.29, 0.717) is 29.4 Å². The predicted molar refractivity (Wildman–Crippen MR) is 69.6 cm³/mol. The summed E-state index contributed by atoms with van der Waals surface area (Å²) in [6.07, 6.45) is 0.325. The Morgan fingerprint density at radius 3 is 3.11 bits per heavy atom. The largest absolute Gasteiger partial charge is 0.495 e. The van der Waals surface area contributed by atoms with Gasteiger partial charge in [-0.1, -0.05) is 11.6 Å². The first kappa shape index (κ1) is 13.3. The van der Waals surface area contributed by atoms with Gasteiger partial charge in [0.05, 0.1) is 24.8 Å². The molecule has 0 spiro atoms. The number of benzene rings is 1. The van der Waals surface area contributed by atoms with Gasteiger partial charge in [0.2, 0.25) is 0 Å². The number of hydrogen-bond donors (Lipinski definition) is 1. The molecule has 1 unspecified atom stereocenters. The van der Waals surface area contributed by atoms with Gasteiger partial charge in [0.25, 0.3) is 0 Å². The van der Waals surface area contributed by atoms with Crippen LogP contribution in [0.2, 0.25) is 5.02 Å². The van der Waals surface area contributed by atoms with Gasteiger partial charge in [0, 0.05) is 25.1 Å². The average Bonchev–Trinajstić information content (AvgIpc) is 2.40. The first-order valence-electron chi connectivity index (χ1n) is 5.90. The molecule has 0 saturated carbocycles. The van der Waals surface area contributed by atoms with E-state index in [9.17, 15) is 4.79 Å². The highest BCUT2D eigenvalue weighted by atomic mass is 35.5. The molecule has 4 nitrogen and oxygen atoms in total. The number of ether oxygens (including phenoxy) is 2. The maximum Gasteiger partial charge on any atom is 0.165 e. The smallest absolute Gasteiger partial charge is 0.165 e. The van der Waals surface area contributed by atoms with E-state index in [1.165, 1.54) is 7.11 Å². The lowest BCUT2D eigenvalue weighted by Gasteiger charge is -2.23. The molecule has 1 fully saturated rings. The van der Waals surface area contributed by atoms with E-state index in [1.54, 1.807) is 18.2 Å². The number of halogens is 1. The molecule has 1 saturated heterocycles. The summed E-state index contributed by atoms with van der Waals surface area (Å²) in [4.78, 5) is 12.1. The molecule has 1 heterocycles. The number of Topliss-reactive ketones (excluding diaryl/α,β-unsaturated/α-hetero) is 1. The second kappa shape index (κ2) is 6.18. The van der Waals surface area contributed by atoms with Crippen LogP contribution < -0.4 is 10.1 Å². The number of carbonyl (C=O) groups is 1. The number of ketones is 1. The molecular weight excluding hydrogens is 254 g/mol. The van der Waals surface area contributed by atoms with Crippen molar-refractivity contribution < 1.29 is 14.3 Å². The van der Waals surface area contributed by atoms with Gasteiger partial charge >= 0.3 is 0 Å². The predicted octanol–water partition coefficient (Wildman–Crippen LogP) is 1.91. The average molecular weight is 270 g/mol. The Bertz CT molecular complexity index is 430. The fourth-order valence-electron chi connectivity index (χ4n) is 1.91. The summed E-state index contributed by atoms with van der Waals surface area (Å²) in [5, 5.41) is 3.70. The lowest BCUT2D eigenvalue weighted by atomic mass is 10.0. The number of morpholine rings is 1. The van der Waals surface area contributed by atoms with E-state index in [1.807, 2.05) is 0 Å². The Hall–Kier alpha value is -1.10. The number of nitrogens with one attached hydrogen (secondary N) is 1. The van der Waals surface area contributed by atoms with E-state index >= 15 is 0 Å². The molecule has 0 aromatic heterocycles. The van der Waals surface area contributed by atoms with Crippen molar-refractivity contribution in [3.63, 3.8) is 0 Å². The van der Waals surface area contributed by atoms with Crippen molar-refractivity contribution >= 4 is 17.4 Å². The zero-order valence-electron chi connectivity index (χ0n) is 10.2. The highest BCUT2D eigenvalue weighted by molar-refractivity contribution is 6.32. The molecule has 0 amide bonds. The van der Waals surface area contributed by atoms with E-state index in [0.717, 1.165) is 13.1 Å². The van der Waals surface area contributed by atoms with Crippen molar-refractivity contribution in [2.75, 3.05) is 26.8 Å². The molecule has 1 atom stereocenters. The number of methoxy groups -OCH3 is 1. The third-order valence-electron chi connectivity index (χ3n) is 2.89. The van der Waals surface area contributed by atoms with E-state index < -0.39 is 0 Å². The van der Waals surface area contributed by atoms with Crippen molar-refractivity contribution in [3.05, 3.63) is 28.8 Å². The summed E-state index contributed by atoms with van der Waals surface area (Å²) in [5.74, 6) is 0.559. The molecule has 1 aliphatic heterocycles. The molecule has 2 rings (SSSR count). The van der Waals surface area contributed by atoms with Crippen molar-refractivity contribution in [2.24, 2.45) is 0 Å². The summed E-state index contributed by atoms with van der Waals surface area (Å²) in [5.41, 5.74) is 0.602. The maximum atomic E-state index is 12.1. The molecule has 0 bridgehead atoms. The van der Waals surface area contributed by atoms with Crippen LogP contribution in [-0.4, -0.2) is 38.7 Å². The molecule has 1 aromatic rings. The molecule has 1 N–H and O–H groups in total. The van der Waals surface area contributed by atoms with Gasteiger partial charge in [-0.15, -0.1) is 0 Å². The van der Waals surface area contributed by atoms with Gasteiger partial charge in [-0.3, -0.25) is 4.79 Å². The first-order chi connectivity index (χ1) is 8.70. The fourth-order valence-corrected chi connectivity index (χ4v) is 2.10. The third kappa shape index (κ3) is 3.22. The Morgan fingerprint density at radius 1 is 1.61 bits per heavy atom. The van der Waals surface area contributed by atoms with Crippen LogP contribution in [0.5, 0.6) is 5.75 Å². The maximum absolute atomic E-state index is 12.1. The van der Waals surface area contributed by atoms with Gasteiger partial charge in [0.15, 0.2) is 5.78 Å².